The molecule has 18 heavy (non-hydrogen) atoms. The Bertz CT molecular complexity index is 695. The molecule has 90 valence electrons. The van der Waals surface area contributed by atoms with E-state index in [4.69, 9.17) is 0 Å². The molecule has 4 heterocycles. The maximum Gasteiger partial charge on any atom is 0.221 e. The highest BCUT2D eigenvalue weighted by Crippen LogP contribution is 2.19. The molecule has 4 rings (SSSR count). The third-order valence-corrected chi connectivity index (χ3v) is 3.08. The second-order valence-corrected chi connectivity index (χ2v) is 4.25. The van der Waals surface area contributed by atoms with E-state index in [9.17, 15) is 0 Å². The Kier molecular flexibility index (Phi) is 1.92. The standard InChI is InChI=1S/C10H10N8/c1-6(5-18(13-1)7-2-11-3-7)8-4-12-9-10(14-8)16-17-15-9/h1,4-5,7,11H,2-3H2,(H,12,14,15,16,17). The van der Waals surface area contributed by atoms with Gasteiger partial charge in [-0.1, -0.05) is 0 Å². The van der Waals surface area contributed by atoms with Crippen molar-refractivity contribution in [1.29, 1.82) is 0 Å². The van der Waals surface area contributed by atoms with E-state index < -0.39 is 0 Å². The Balaban J connectivity index is 1.74. The Morgan fingerprint density at radius 2 is 2.06 bits per heavy atom. The van der Waals surface area contributed by atoms with Crippen LogP contribution in [0.15, 0.2) is 18.6 Å². The maximum atomic E-state index is 4.39. The van der Waals surface area contributed by atoms with Gasteiger partial charge in [-0.2, -0.15) is 10.3 Å². The SMILES string of the molecule is c1nn(C2CNC2)cc1-c1cnc2n[nH]nc2n1. The van der Waals surface area contributed by atoms with Crippen LogP contribution in [0.4, 0.5) is 0 Å². The van der Waals surface area contributed by atoms with Gasteiger partial charge in [-0.25, -0.2) is 9.97 Å². The summed E-state index contributed by atoms with van der Waals surface area (Å²) in [6.45, 7) is 1.93. The summed E-state index contributed by atoms with van der Waals surface area (Å²) >= 11 is 0. The van der Waals surface area contributed by atoms with Crippen LogP contribution in [0.25, 0.3) is 22.6 Å². The van der Waals surface area contributed by atoms with Crippen molar-refractivity contribution in [3.05, 3.63) is 18.6 Å². The summed E-state index contributed by atoms with van der Waals surface area (Å²) in [6, 6.07) is 0.447. The van der Waals surface area contributed by atoms with Crippen molar-refractivity contribution in [2.75, 3.05) is 13.1 Å². The quantitative estimate of drug-likeness (QED) is 0.643. The Morgan fingerprint density at radius 3 is 2.89 bits per heavy atom. The molecule has 3 aromatic rings. The largest absolute Gasteiger partial charge is 0.312 e. The fourth-order valence-corrected chi connectivity index (χ4v) is 1.92. The van der Waals surface area contributed by atoms with Crippen molar-refractivity contribution in [1.82, 2.24) is 40.5 Å². The molecule has 2 N–H and O–H groups in total. The predicted octanol–water partition coefficient (Wildman–Crippen LogP) is -0.244. The summed E-state index contributed by atoms with van der Waals surface area (Å²) in [5.41, 5.74) is 2.74. The molecule has 8 nitrogen and oxygen atoms in total. The number of nitrogens with zero attached hydrogens (tertiary/aromatic N) is 6. The molecule has 1 saturated heterocycles. The summed E-state index contributed by atoms with van der Waals surface area (Å²) < 4.78 is 1.96. The van der Waals surface area contributed by atoms with Crippen LogP contribution in [0, 0.1) is 0 Å². The molecule has 1 fully saturated rings. The molecular formula is C10H10N8. The van der Waals surface area contributed by atoms with Gasteiger partial charge in [-0.05, 0) is 0 Å². The molecule has 3 aromatic heterocycles. The van der Waals surface area contributed by atoms with Gasteiger partial charge in [-0.3, -0.25) is 4.68 Å². The first-order valence-corrected chi connectivity index (χ1v) is 5.69. The van der Waals surface area contributed by atoms with E-state index >= 15 is 0 Å². The van der Waals surface area contributed by atoms with Gasteiger partial charge in [0.25, 0.3) is 0 Å². The lowest BCUT2D eigenvalue weighted by Gasteiger charge is -2.27. The summed E-state index contributed by atoms with van der Waals surface area (Å²) in [5.74, 6) is 0. The minimum atomic E-state index is 0.447. The number of hydrogen-bond acceptors (Lipinski definition) is 6. The van der Waals surface area contributed by atoms with Gasteiger partial charge in [0.05, 0.1) is 24.1 Å². The topological polar surface area (TPSA) is 97.2 Å². The first kappa shape index (κ1) is 9.66. The lowest BCUT2D eigenvalue weighted by molar-refractivity contribution is 0.318. The van der Waals surface area contributed by atoms with E-state index in [1.165, 1.54) is 0 Å². The van der Waals surface area contributed by atoms with E-state index in [-0.39, 0.29) is 0 Å². The molecular weight excluding hydrogens is 232 g/mol. The van der Waals surface area contributed by atoms with Crippen molar-refractivity contribution in [3.8, 4) is 11.3 Å². The number of nitrogens with one attached hydrogen (secondary N) is 2. The summed E-state index contributed by atoms with van der Waals surface area (Å²) in [7, 11) is 0. The fraction of sp³-hybridized carbons (Fsp3) is 0.300. The smallest absolute Gasteiger partial charge is 0.221 e. The van der Waals surface area contributed by atoms with Gasteiger partial charge >= 0.3 is 0 Å². The third-order valence-electron chi connectivity index (χ3n) is 3.08. The van der Waals surface area contributed by atoms with Crippen LogP contribution in [0.5, 0.6) is 0 Å². The van der Waals surface area contributed by atoms with Gasteiger partial charge in [0.15, 0.2) is 0 Å². The van der Waals surface area contributed by atoms with Crippen LogP contribution in [0.1, 0.15) is 6.04 Å². The van der Waals surface area contributed by atoms with Crippen molar-refractivity contribution < 1.29 is 0 Å². The second kappa shape index (κ2) is 3.57. The van der Waals surface area contributed by atoms with Gasteiger partial charge in [-0.15, -0.1) is 10.2 Å². The predicted molar refractivity (Wildman–Crippen MR) is 62.6 cm³/mol. The van der Waals surface area contributed by atoms with Gasteiger partial charge in [0, 0.05) is 24.8 Å². The Hall–Kier alpha value is -2.35. The normalized spacial score (nSPS) is 16.0. The second-order valence-electron chi connectivity index (χ2n) is 4.25. The molecule has 0 atom stereocenters. The first-order valence-electron chi connectivity index (χ1n) is 5.69. The highest BCUT2D eigenvalue weighted by atomic mass is 15.4. The van der Waals surface area contributed by atoms with Gasteiger partial charge in [0.1, 0.15) is 0 Å². The zero-order valence-electron chi connectivity index (χ0n) is 9.41. The molecule has 0 unspecified atom stereocenters. The molecule has 0 radical (unpaired) electrons. The number of aromatic nitrogens is 7. The van der Waals surface area contributed by atoms with Crippen LogP contribution in [0.3, 0.4) is 0 Å². The average molecular weight is 242 g/mol. The van der Waals surface area contributed by atoms with Crippen LogP contribution in [0.2, 0.25) is 0 Å². The number of hydrogen-bond donors (Lipinski definition) is 2. The number of fused-ring (bicyclic) bond motifs is 1. The Labute approximate surface area is 101 Å². The van der Waals surface area contributed by atoms with Crippen LogP contribution in [-0.4, -0.2) is 48.2 Å². The van der Waals surface area contributed by atoms with E-state index in [2.05, 4.69) is 35.8 Å². The number of rotatable bonds is 2. The zero-order chi connectivity index (χ0) is 11.9. The maximum absolute atomic E-state index is 4.39. The van der Waals surface area contributed by atoms with E-state index in [0.717, 1.165) is 24.3 Å². The van der Waals surface area contributed by atoms with Crippen LogP contribution in [-0.2, 0) is 0 Å². The molecule has 8 heteroatoms. The molecule has 0 saturated carbocycles. The minimum absolute atomic E-state index is 0.447. The first-order chi connectivity index (χ1) is 8.90. The fourth-order valence-electron chi connectivity index (χ4n) is 1.92. The summed E-state index contributed by atoms with van der Waals surface area (Å²) in [6.07, 6.45) is 5.47. The number of aromatic amines is 1. The van der Waals surface area contributed by atoms with Crippen molar-refractivity contribution in [2.45, 2.75) is 6.04 Å². The monoisotopic (exact) mass is 242 g/mol. The van der Waals surface area contributed by atoms with Crippen molar-refractivity contribution in [2.24, 2.45) is 0 Å². The lowest BCUT2D eigenvalue weighted by atomic mass is 10.2. The molecule has 0 spiro atoms. The lowest BCUT2D eigenvalue weighted by Crippen LogP contribution is -2.43. The highest BCUT2D eigenvalue weighted by molar-refractivity contribution is 5.68. The van der Waals surface area contributed by atoms with Crippen molar-refractivity contribution >= 4 is 11.3 Å². The molecule has 0 amide bonds. The van der Waals surface area contributed by atoms with E-state index in [0.29, 0.717) is 17.3 Å². The van der Waals surface area contributed by atoms with Gasteiger partial charge < -0.3 is 5.32 Å². The van der Waals surface area contributed by atoms with Crippen LogP contribution < -0.4 is 5.32 Å². The summed E-state index contributed by atoms with van der Waals surface area (Å²) in [5, 5.41) is 17.9. The molecule has 1 aliphatic heterocycles. The minimum Gasteiger partial charge on any atom is -0.312 e. The molecule has 0 bridgehead atoms. The van der Waals surface area contributed by atoms with Crippen molar-refractivity contribution in [3.63, 3.8) is 0 Å². The van der Waals surface area contributed by atoms with Gasteiger partial charge in [0.2, 0.25) is 11.3 Å². The number of H-pyrrole nitrogens is 1. The molecule has 0 aromatic carbocycles. The van der Waals surface area contributed by atoms with Crippen LogP contribution >= 0.6 is 0 Å². The van der Waals surface area contributed by atoms with E-state index in [1.54, 1.807) is 12.4 Å². The average Bonchev–Trinajstić information content (AvgIpc) is 2.93. The summed E-state index contributed by atoms with van der Waals surface area (Å²) in [4.78, 5) is 8.57. The molecule has 0 aliphatic carbocycles. The Morgan fingerprint density at radius 1 is 1.17 bits per heavy atom. The zero-order valence-corrected chi connectivity index (χ0v) is 9.41. The highest BCUT2D eigenvalue weighted by Gasteiger charge is 2.19. The van der Waals surface area contributed by atoms with E-state index in [1.807, 2.05) is 10.9 Å². The molecule has 1 aliphatic rings. The third kappa shape index (κ3) is 1.39.